The molecule has 0 radical (unpaired) electrons. The molecule has 0 bridgehead atoms. The van der Waals surface area contributed by atoms with Crippen LogP contribution in [0.1, 0.15) is 79.5 Å². The number of nitrogen functional groups attached to an aromatic ring is 1. The van der Waals surface area contributed by atoms with Crippen molar-refractivity contribution in [1.29, 1.82) is 0 Å². The minimum absolute atomic E-state index is 0.179. The summed E-state index contributed by atoms with van der Waals surface area (Å²) in [4.78, 5) is 22.3. The summed E-state index contributed by atoms with van der Waals surface area (Å²) in [6.45, 7) is 2.02. The first kappa shape index (κ1) is 44.3. The molecule has 0 amide bonds. The van der Waals surface area contributed by atoms with Gasteiger partial charge in [-0.1, -0.05) is 83.9 Å². The first-order valence-electron chi connectivity index (χ1n) is 21.9. The van der Waals surface area contributed by atoms with Crippen molar-refractivity contribution >= 4 is 69.4 Å². The van der Waals surface area contributed by atoms with Gasteiger partial charge in [0.25, 0.3) is 0 Å². The fourth-order valence-corrected chi connectivity index (χ4v) is 12.1. The Morgan fingerprint density at radius 2 is 1.36 bits per heavy atom. The maximum Gasteiger partial charge on any atom is 0.150 e. The SMILES string of the molecule is CN1CCc2cc(Cl)c(O)cc2[C@H]2c3cccc(-c4nc5ccccc5s4)c3CC[C@@H]21.COc1cc2c(cc1Cl)CCN(C)[C@H]1CCc3c(C=O)cccc3[C@H]21.Nc1ccccc1S. The van der Waals surface area contributed by atoms with Crippen molar-refractivity contribution in [2.24, 2.45) is 0 Å². The molecule has 4 aliphatic rings. The molecule has 7 nitrogen and oxygen atoms in total. The normalized spacial score (nSPS) is 19.9. The number of aromatic nitrogens is 1. The maximum atomic E-state index is 11.5. The molecule has 11 heteroatoms. The summed E-state index contributed by atoms with van der Waals surface area (Å²) in [5.41, 5.74) is 19.6. The Labute approximate surface area is 395 Å². The van der Waals surface area contributed by atoms with Gasteiger partial charge in [0.15, 0.2) is 0 Å². The van der Waals surface area contributed by atoms with Gasteiger partial charge >= 0.3 is 0 Å². The number of fused-ring (bicyclic) bond motifs is 11. The lowest BCUT2D eigenvalue weighted by Gasteiger charge is -2.38. The van der Waals surface area contributed by atoms with Crippen molar-refractivity contribution in [2.45, 2.75) is 67.3 Å². The number of phenolic OH excluding ortho intramolecular Hbond substituents is 1. The van der Waals surface area contributed by atoms with E-state index in [0.717, 1.165) is 90.3 Å². The number of benzene rings is 6. The molecule has 7 aromatic rings. The lowest BCUT2D eigenvalue weighted by atomic mass is 9.73. The molecule has 11 rings (SSSR count). The number of nitrogens with two attached hydrogens (primary N) is 1. The second kappa shape index (κ2) is 18.9. The highest BCUT2D eigenvalue weighted by molar-refractivity contribution is 7.80. The summed E-state index contributed by atoms with van der Waals surface area (Å²) in [5, 5.41) is 12.6. The minimum Gasteiger partial charge on any atom is -0.506 e. The van der Waals surface area contributed by atoms with E-state index in [-0.39, 0.29) is 17.6 Å². The van der Waals surface area contributed by atoms with E-state index in [1.165, 1.54) is 54.8 Å². The number of carbonyl (C=O) groups is 1. The van der Waals surface area contributed by atoms with Crippen molar-refractivity contribution in [2.75, 3.05) is 40.0 Å². The van der Waals surface area contributed by atoms with Crippen molar-refractivity contribution < 1.29 is 14.6 Å². The van der Waals surface area contributed by atoms with E-state index in [0.29, 0.717) is 22.1 Å². The molecule has 3 N–H and O–H groups in total. The Morgan fingerprint density at radius 3 is 2.00 bits per heavy atom. The third-order valence-electron chi connectivity index (χ3n) is 13.8. The Kier molecular flexibility index (Phi) is 13.1. The molecule has 328 valence electrons. The molecule has 1 aromatic heterocycles. The minimum atomic E-state index is 0.179. The Morgan fingerprint density at radius 1 is 0.750 bits per heavy atom. The first-order valence-corrected chi connectivity index (χ1v) is 23.9. The van der Waals surface area contributed by atoms with Crippen LogP contribution in [0.15, 0.2) is 114 Å². The summed E-state index contributed by atoms with van der Waals surface area (Å²) in [7, 11) is 6.09. The third-order valence-corrected chi connectivity index (χ3v) is 15.8. The number of halogens is 2. The number of nitrogens with zero attached hydrogens (tertiary/aromatic N) is 3. The van der Waals surface area contributed by atoms with Gasteiger partial charge in [0.1, 0.15) is 22.8 Å². The molecule has 64 heavy (non-hydrogen) atoms. The van der Waals surface area contributed by atoms with E-state index in [4.69, 9.17) is 38.7 Å². The fourth-order valence-electron chi connectivity index (χ4n) is 10.5. The zero-order chi connectivity index (χ0) is 44.6. The predicted octanol–water partition coefficient (Wildman–Crippen LogP) is 11.9. The number of ether oxygens (including phenoxy) is 1. The number of phenols is 1. The number of rotatable bonds is 3. The molecular weight excluding hydrogens is 876 g/mol. The Hall–Kier alpha value is -4.87. The van der Waals surface area contributed by atoms with Gasteiger partial charge in [-0.25, -0.2) is 4.98 Å². The van der Waals surface area contributed by atoms with Crippen molar-refractivity contribution in [3.05, 3.63) is 169 Å². The van der Waals surface area contributed by atoms with E-state index < -0.39 is 0 Å². The molecule has 2 aliphatic carbocycles. The highest BCUT2D eigenvalue weighted by Gasteiger charge is 2.39. The van der Waals surface area contributed by atoms with Gasteiger partial charge < -0.3 is 25.4 Å². The van der Waals surface area contributed by atoms with Crippen LogP contribution in [0.4, 0.5) is 5.69 Å². The summed E-state index contributed by atoms with van der Waals surface area (Å²) >= 11 is 18.5. The van der Waals surface area contributed by atoms with Crippen LogP contribution in [-0.4, -0.2) is 72.6 Å². The average Bonchev–Trinajstić information content (AvgIpc) is 3.63. The highest BCUT2D eigenvalue weighted by Crippen LogP contribution is 2.48. The van der Waals surface area contributed by atoms with Gasteiger partial charge in [-0.05, 0) is 146 Å². The number of para-hydroxylation sites is 2. The molecule has 2 aliphatic heterocycles. The van der Waals surface area contributed by atoms with Crippen molar-refractivity contribution in [1.82, 2.24) is 14.8 Å². The largest absolute Gasteiger partial charge is 0.506 e. The molecule has 6 aromatic carbocycles. The van der Waals surface area contributed by atoms with Crippen LogP contribution in [0.25, 0.3) is 20.8 Å². The average molecular weight is 928 g/mol. The summed E-state index contributed by atoms with van der Waals surface area (Å²) < 4.78 is 6.71. The van der Waals surface area contributed by atoms with Crippen LogP contribution in [-0.2, 0) is 25.7 Å². The lowest BCUT2D eigenvalue weighted by Crippen LogP contribution is -2.39. The van der Waals surface area contributed by atoms with Crippen molar-refractivity contribution in [3.63, 3.8) is 0 Å². The molecular formula is C53H52Cl2N4O3S2. The number of thiazole rings is 1. The van der Waals surface area contributed by atoms with E-state index >= 15 is 0 Å². The van der Waals surface area contributed by atoms with E-state index in [1.807, 2.05) is 54.6 Å². The van der Waals surface area contributed by atoms with Crippen molar-refractivity contribution in [3.8, 4) is 22.1 Å². The van der Waals surface area contributed by atoms with Gasteiger partial charge in [-0.15, -0.1) is 24.0 Å². The van der Waals surface area contributed by atoms with Crippen LogP contribution in [0.5, 0.6) is 11.5 Å². The van der Waals surface area contributed by atoms with Crippen LogP contribution < -0.4 is 10.5 Å². The van der Waals surface area contributed by atoms with E-state index in [2.05, 4.69) is 91.1 Å². The number of anilines is 1. The number of thiol groups is 1. The number of carbonyl (C=O) groups excluding carboxylic acids is 1. The number of hydrogen-bond acceptors (Lipinski definition) is 9. The molecule has 4 atom stereocenters. The first-order chi connectivity index (χ1) is 31.0. The zero-order valence-electron chi connectivity index (χ0n) is 36.2. The summed E-state index contributed by atoms with van der Waals surface area (Å²) in [6, 6.07) is 37.5. The molecule has 0 unspecified atom stereocenters. The van der Waals surface area contributed by atoms with Crippen LogP contribution in [0.2, 0.25) is 10.0 Å². The predicted molar refractivity (Wildman–Crippen MR) is 267 cm³/mol. The van der Waals surface area contributed by atoms with Gasteiger partial charge in [0.2, 0.25) is 0 Å². The smallest absolute Gasteiger partial charge is 0.150 e. The Balaban J connectivity index is 0.000000141. The van der Waals surface area contributed by atoms with Crippen LogP contribution >= 0.6 is 47.2 Å². The number of aromatic hydroxyl groups is 1. The third kappa shape index (κ3) is 8.55. The fraction of sp³-hybridized carbons (Fsp3) is 0.283. The van der Waals surface area contributed by atoms with E-state index in [1.54, 1.807) is 18.4 Å². The standard InChI is InChI=1S/C26H23ClN2OS.C21H22ClNO2.C6H7NS/c1-29-12-11-15-13-20(27)23(30)14-19(15)25-17-5-4-6-18(16(17)9-10-22(25)29)26-28-21-7-2-3-8-24(21)31-26;1-23-9-8-13-10-18(22)20(25-2)11-17(13)21-16-5-3-4-14(12-24)15(16)6-7-19(21)23;7-5-3-1-2-4-6(5)8/h2-8,13-14,22,25,30H,9-12H2,1H3;3-5,10-12,19,21H,6-9H2,1-2H3;1-4,8H,7H2/t22-,25+;19-,21+;/m00./s1. The van der Waals surface area contributed by atoms with Gasteiger partial charge in [0, 0.05) is 58.7 Å². The maximum absolute atomic E-state index is 11.5. The number of aldehydes is 1. The lowest BCUT2D eigenvalue weighted by molar-refractivity contribution is 0.112. The summed E-state index contributed by atoms with van der Waals surface area (Å²) in [5.74, 6) is 1.38. The molecule has 3 heterocycles. The summed E-state index contributed by atoms with van der Waals surface area (Å²) in [6.07, 6.45) is 7.07. The van der Waals surface area contributed by atoms with Gasteiger partial charge in [0.05, 0.1) is 27.4 Å². The molecule has 0 fully saturated rings. The second-order valence-electron chi connectivity index (χ2n) is 17.3. The highest BCUT2D eigenvalue weighted by atomic mass is 35.5. The Bertz CT molecular complexity index is 2810. The molecule has 0 spiro atoms. The zero-order valence-corrected chi connectivity index (χ0v) is 39.5. The van der Waals surface area contributed by atoms with Gasteiger partial charge in [-0.2, -0.15) is 0 Å². The van der Waals surface area contributed by atoms with Crippen LogP contribution in [0, 0.1) is 0 Å². The topological polar surface area (TPSA) is 91.9 Å². The van der Waals surface area contributed by atoms with Gasteiger partial charge in [-0.3, -0.25) is 4.79 Å². The quantitative estimate of drug-likeness (QED) is 0.0923. The monoisotopic (exact) mass is 926 g/mol. The number of hydrogen-bond donors (Lipinski definition) is 3. The number of methoxy groups -OCH3 is 1. The molecule has 0 saturated carbocycles. The second-order valence-corrected chi connectivity index (χ2v) is 19.6. The molecule has 0 saturated heterocycles. The van der Waals surface area contributed by atoms with Crippen LogP contribution in [0.3, 0.4) is 0 Å². The number of likely N-dealkylation sites (N-methyl/N-ethyl adjacent to an activating group) is 2. The van der Waals surface area contributed by atoms with E-state index in [9.17, 15) is 9.90 Å².